The molecule has 0 bridgehead atoms. The average molecular weight is 327 g/mol. The predicted octanol–water partition coefficient (Wildman–Crippen LogP) is 2.84. The van der Waals surface area contributed by atoms with E-state index in [2.05, 4.69) is 15.3 Å². The van der Waals surface area contributed by atoms with E-state index in [1.54, 1.807) is 39.5 Å². The summed E-state index contributed by atoms with van der Waals surface area (Å²) in [7, 11) is 0. The molecule has 6 nitrogen and oxygen atoms in total. The minimum absolute atomic E-state index is 0.00542. The first-order chi connectivity index (χ1) is 11.1. The number of anilines is 1. The lowest BCUT2D eigenvalue weighted by Crippen LogP contribution is -2.37. The van der Waals surface area contributed by atoms with Crippen LogP contribution in [-0.2, 0) is 6.54 Å². The standard InChI is InChI=1S/C16H17N5OS/c1-12(2)21(13-5-3-7-17-9-13)16(22)15-11-20(19-18-15)10-14-6-4-8-23-14/h3-9,11-12H,10H2,1-2H3. The molecule has 0 aliphatic carbocycles. The molecule has 3 rings (SSSR count). The van der Waals surface area contributed by atoms with Crippen LogP contribution in [0.3, 0.4) is 0 Å². The average Bonchev–Trinajstić information content (AvgIpc) is 3.20. The first-order valence-corrected chi connectivity index (χ1v) is 8.19. The summed E-state index contributed by atoms with van der Waals surface area (Å²) < 4.78 is 1.68. The zero-order chi connectivity index (χ0) is 16.2. The fourth-order valence-corrected chi connectivity index (χ4v) is 3.00. The first kappa shape index (κ1) is 15.4. The normalized spacial score (nSPS) is 10.9. The van der Waals surface area contributed by atoms with E-state index in [9.17, 15) is 4.79 Å². The van der Waals surface area contributed by atoms with Gasteiger partial charge in [-0.05, 0) is 37.4 Å². The Morgan fingerprint density at radius 2 is 2.22 bits per heavy atom. The van der Waals surface area contributed by atoms with Gasteiger partial charge < -0.3 is 4.90 Å². The van der Waals surface area contributed by atoms with Gasteiger partial charge in [0.05, 0.1) is 24.6 Å². The van der Waals surface area contributed by atoms with E-state index in [1.165, 1.54) is 4.88 Å². The second kappa shape index (κ2) is 6.70. The lowest BCUT2D eigenvalue weighted by atomic mass is 10.2. The number of thiophene rings is 1. The van der Waals surface area contributed by atoms with Gasteiger partial charge in [-0.2, -0.15) is 0 Å². The van der Waals surface area contributed by atoms with Gasteiger partial charge in [0, 0.05) is 17.1 Å². The zero-order valence-electron chi connectivity index (χ0n) is 13.0. The van der Waals surface area contributed by atoms with Crippen molar-refractivity contribution in [1.29, 1.82) is 0 Å². The quantitative estimate of drug-likeness (QED) is 0.723. The van der Waals surface area contributed by atoms with Crippen LogP contribution in [0.25, 0.3) is 0 Å². The Labute approximate surface area is 138 Å². The van der Waals surface area contributed by atoms with Crippen LogP contribution in [-0.4, -0.2) is 31.9 Å². The number of amides is 1. The largest absolute Gasteiger partial charge is 0.303 e. The van der Waals surface area contributed by atoms with Crippen molar-refractivity contribution in [3.05, 3.63) is 58.8 Å². The number of rotatable bonds is 5. The molecule has 3 aromatic rings. The van der Waals surface area contributed by atoms with Crippen LogP contribution < -0.4 is 4.90 Å². The lowest BCUT2D eigenvalue weighted by molar-refractivity contribution is 0.0975. The van der Waals surface area contributed by atoms with Crippen molar-refractivity contribution in [3.8, 4) is 0 Å². The summed E-state index contributed by atoms with van der Waals surface area (Å²) in [4.78, 5) is 19.7. The van der Waals surface area contributed by atoms with Crippen LogP contribution in [0.5, 0.6) is 0 Å². The van der Waals surface area contributed by atoms with Gasteiger partial charge in [0.1, 0.15) is 0 Å². The number of aromatic nitrogens is 4. The van der Waals surface area contributed by atoms with Gasteiger partial charge in [0.25, 0.3) is 5.91 Å². The molecule has 0 aromatic carbocycles. The molecule has 1 amide bonds. The number of carbonyl (C=O) groups excluding carboxylic acids is 1. The molecule has 0 spiro atoms. The van der Waals surface area contributed by atoms with Crippen LogP contribution in [0.1, 0.15) is 29.2 Å². The van der Waals surface area contributed by atoms with Crippen LogP contribution >= 0.6 is 11.3 Å². The van der Waals surface area contributed by atoms with Crippen LogP contribution in [0, 0.1) is 0 Å². The van der Waals surface area contributed by atoms with Gasteiger partial charge in [-0.1, -0.05) is 11.3 Å². The zero-order valence-corrected chi connectivity index (χ0v) is 13.8. The highest BCUT2D eigenvalue weighted by Crippen LogP contribution is 2.18. The topological polar surface area (TPSA) is 63.9 Å². The molecule has 7 heteroatoms. The lowest BCUT2D eigenvalue weighted by Gasteiger charge is -2.25. The Bertz CT molecular complexity index is 767. The Kier molecular flexibility index (Phi) is 4.47. The number of nitrogens with zero attached hydrogens (tertiary/aromatic N) is 5. The van der Waals surface area contributed by atoms with Crippen LogP contribution in [0.2, 0.25) is 0 Å². The molecule has 118 valence electrons. The maximum atomic E-state index is 12.8. The monoisotopic (exact) mass is 327 g/mol. The van der Waals surface area contributed by atoms with E-state index in [0.29, 0.717) is 12.2 Å². The Morgan fingerprint density at radius 1 is 1.35 bits per heavy atom. The molecule has 0 atom stereocenters. The molecule has 0 saturated heterocycles. The maximum Gasteiger partial charge on any atom is 0.280 e. The first-order valence-electron chi connectivity index (χ1n) is 7.31. The van der Waals surface area contributed by atoms with Gasteiger partial charge in [-0.15, -0.1) is 16.4 Å². The highest BCUT2D eigenvalue weighted by atomic mass is 32.1. The number of hydrogen-bond donors (Lipinski definition) is 0. The molecule has 0 N–H and O–H groups in total. The van der Waals surface area contributed by atoms with Crippen molar-refractivity contribution in [1.82, 2.24) is 20.0 Å². The minimum Gasteiger partial charge on any atom is -0.303 e. The molecule has 3 heterocycles. The molecule has 0 fully saturated rings. The number of carbonyl (C=O) groups is 1. The smallest absolute Gasteiger partial charge is 0.280 e. The number of hydrogen-bond acceptors (Lipinski definition) is 5. The highest BCUT2D eigenvalue weighted by molar-refractivity contribution is 7.09. The third-order valence-corrected chi connectivity index (χ3v) is 4.18. The Balaban J connectivity index is 1.82. The molecular weight excluding hydrogens is 310 g/mol. The second-order valence-electron chi connectivity index (χ2n) is 5.36. The Morgan fingerprint density at radius 3 is 2.87 bits per heavy atom. The van der Waals surface area contributed by atoms with E-state index in [0.717, 1.165) is 5.69 Å². The third kappa shape index (κ3) is 3.45. The molecular formula is C16H17N5OS. The van der Waals surface area contributed by atoms with Crippen molar-refractivity contribution in [2.45, 2.75) is 26.4 Å². The third-order valence-electron chi connectivity index (χ3n) is 3.31. The van der Waals surface area contributed by atoms with Gasteiger partial charge >= 0.3 is 0 Å². The van der Waals surface area contributed by atoms with E-state index in [4.69, 9.17) is 0 Å². The summed E-state index contributed by atoms with van der Waals surface area (Å²) in [6, 6.07) is 7.69. The van der Waals surface area contributed by atoms with E-state index >= 15 is 0 Å². The van der Waals surface area contributed by atoms with E-state index in [1.807, 2.05) is 43.5 Å². The highest BCUT2D eigenvalue weighted by Gasteiger charge is 2.23. The SMILES string of the molecule is CC(C)N(C(=O)c1cn(Cc2cccs2)nn1)c1cccnc1. The van der Waals surface area contributed by atoms with Gasteiger partial charge in [0.2, 0.25) is 0 Å². The van der Waals surface area contributed by atoms with Crippen molar-refractivity contribution >= 4 is 22.9 Å². The molecule has 0 aliphatic heterocycles. The second-order valence-corrected chi connectivity index (χ2v) is 6.39. The molecule has 0 unspecified atom stereocenters. The van der Waals surface area contributed by atoms with E-state index in [-0.39, 0.29) is 11.9 Å². The molecule has 3 aromatic heterocycles. The van der Waals surface area contributed by atoms with Crippen molar-refractivity contribution in [3.63, 3.8) is 0 Å². The Hall–Kier alpha value is -2.54. The summed E-state index contributed by atoms with van der Waals surface area (Å²) in [5, 5.41) is 10.1. The van der Waals surface area contributed by atoms with E-state index < -0.39 is 0 Å². The van der Waals surface area contributed by atoms with Crippen LogP contribution in [0.15, 0.2) is 48.2 Å². The molecule has 0 aliphatic rings. The molecule has 0 radical (unpaired) electrons. The predicted molar refractivity (Wildman–Crippen MR) is 89.6 cm³/mol. The summed E-state index contributed by atoms with van der Waals surface area (Å²) in [6.45, 7) is 4.54. The summed E-state index contributed by atoms with van der Waals surface area (Å²) in [5.41, 5.74) is 1.08. The fourth-order valence-electron chi connectivity index (χ4n) is 2.31. The molecule has 0 saturated carbocycles. The fraction of sp³-hybridized carbons (Fsp3) is 0.250. The maximum absolute atomic E-state index is 12.8. The minimum atomic E-state index is -0.176. The van der Waals surface area contributed by atoms with Crippen molar-refractivity contribution < 1.29 is 4.79 Å². The van der Waals surface area contributed by atoms with Gasteiger partial charge in [-0.3, -0.25) is 9.78 Å². The summed E-state index contributed by atoms with van der Waals surface area (Å²) in [5.74, 6) is -0.176. The van der Waals surface area contributed by atoms with Gasteiger partial charge in [0.15, 0.2) is 5.69 Å². The summed E-state index contributed by atoms with van der Waals surface area (Å²) >= 11 is 1.65. The molecule has 23 heavy (non-hydrogen) atoms. The van der Waals surface area contributed by atoms with Crippen LogP contribution in [0.4, 0.5) is 5.69 Å². The number of pyridine rings is 1. The van der Waals surface area contributed by atoms with Gasteiger partial charge in [-0.25, -0.2) is 4.68 Å². The van der Waals surface area contributed by atoms with Crippen molar-refractivity contribution in [2.24, 2.45) is 0 Å². The summed E-state index contributed by atoms with van der Waals surface area (Å²) in [6.07, 6.45) is 5.05. The van der Waals surface area contributed by atoms with Crippen molar-refractivity contribution in [2.75, 3.05) is 4.90 Å².